The SMILES string of the molecule is O=C1NC2(CCN(C(=O)CCn3ncc4ccccc43)CC2)Nc2ccccc21. The molecule has 2 amide bonds. The first-order valence-corrected chi connectivity index (χ1v) is 10.0. The van der Waals surface area contributed by atoms with Crippen molar-refractivity contribution in [3.63, 3.8) is 0 Å². The van der Waals surface area contributed by atoms with Gasteiger partial charge < -0.3 is 15.5 Å². The van der Waals surface area contributed by atoms with Gasteiger partial charge in [0.05, 0.1) is 23.8 Å². The van der Waals surface area contributed by atoms with Crippen LogP contribution in [-0.4, -0.2) is 45.2 Å². The maximum Gasteiger partial charge on any atom is 0.255 e. The van der Waals surface area contributed by atoms with Gasteiger partial charge in [-0.3, -0.25) is 14.3 Å². The average molecular weight is 389 g/mol. The first kappa shape index (κ1) is 17.7. The van der Waals surface area contributed by atoms with Crippen LogP contribution in [0.3, 0.4) is 0 Å². The number of aryl methyl sites for hydroxylation is 1. The number of benzene rings is 2. The van der Waals surface area contributed by atoms with Crippen LogP contribution in [0.2, 0.25) is 0 Å². The second-order valence-electron chi connectivity index (χ2n) is 7.76. The Kier molecular flexibility index (Phi) is 4.23. The van der Waals surface area contributed by atoms with Gasteiger partial charge in [0.1, 0.15) is 5.66 Å². The van der Waals surface area contributed by atoms with Gasteiger partial charge in [-0.1, -0.05) is 30.3 Å². The van der Waals surface area contributed by atoms with E-state index in [9.17, 15) is 9.59 Å². The fourth-order valence-electron chi connectivity index (χ4n) is 4.32. The molecule has 3 aromatic rings. The largest absolute Gasteiger partial charge is 0.362 e. The van der Waals surface area contributed by atoms with Crippen LogP contribution in [0.4, 0.5) is 5.69 Å². The van der Waals surface area contributed by atoms with Crippen molar-refractivity contribution in [3.05, 3.63) is 60.3 Å². The molecule has 29 heavy (non-hydrogen) atoms. The van der Waals surface area contributed by atoms with E-state index in [0.29, 0.717) is 44.5 Å². The second-order valence-corrected chi connectivity index (χ2v) is 7.76. The zero-order valence-electron chi connectivity index (χ0n) is 16.1. The van der Waals surface area contributed by atoms with E-state index in [1.165, 1.54) is 0 Å². The molecule has 7 nitrogen and oxygen atoms in total. The molecule has 5 rings (SSSR count). The number of carbonyl (C=O) groups excluding carboxylic acids is 2. The third-order valence-electron chi connectivity index (χ3n) is 5.96. The van der Waals surface area contributed by atoms with Gasteiger partial charge in [-0.2, -0.15) is 5.10 Å². The van der Waals surface area contributed by atoms with Crippen molar-refractivity contribution >= 4 is 28.4 Å². The van der Waals surface area contributed by atoms with Crippen molar-refractivity contribution < 1.29 is 9.59 Å². The Balaban J connectivity index is 1.21. The van der Waals surface area contributed by atoms with Gasteiger partial charge in [0, 0.05) is 43.4 Å². The molecule has 0 bridgehead atoms. The molecule has 0 aliphatic carbocycles. The zero-order chi connectivity index (χ0) is 19.8. The summed E-state index contributed by atoms with van der Waals surface area (Å²) in [6, 6.07) is 15.6. The Morgan fingerprint density at radius 2 is 1.79 bits per heavy atom. The van der Waals surface area contributed by atoms with Crippen molar-refractivity contribution in [2.24, 2.45) is 0 Å². The number of para-hydroxylation sites is 2. The molecule has 2 aliphatic rings. The van der Waals surface area contributed by atoms with Gasteiger partial charge in [0.15, 0.2) is 0 Å². The van der Waals surface area contributed by atoms with Crippen LogP contribution in [0.15, 0.2) is 54.7 Å². The lowest BCUT2D eigenvalue weighted by Crippen LogP contribution is -2.62. The highest BCUT2D eigenvalue weighted by Gasteiger charge is 2.40. The molecular formula is C22H23N5O2. The maximum atomic E-state index is 12.7. The predicted molar refractivity (Wildman–Crippen MR) is 110 cm³/mol. The molecule has 1 aromatic heterocycles. The fraction of sp³-hybridized carbons (Fsp3) is 0.318. The van der Waals surface area contributed by atoms with E-state index in [1.54, 1.807) is 0 Å². The van der Waals surface area contributed by atoms with Crippen LogP contribution in [0, 0.1) is 0 Å². The Bertz CT molecular complexity index is 1080. The summed E-state index contributed by atoms with van der Waals surface area (Å²) in [4.78, 5) is 27.1. The monoisotopic (exact) mass is 389 g/mol. The fourth-order valence-corrected chi connectivity index (χ4v) is 4.32. The second kappa shape index (κ2) is 6.92. The number of piperidine rings is 1. The zero-order valence-corrected chi connectivity index (χ0v) is 16.1. The summed E-state index contributed by atoms with van der Waals surface area (Å²) >= 11 is 0. The minimum atomic E-state index is -0.472. The summed E-state index contributed by atoms with van der Waals surface area (Å²) in [5, 5.41) is 12.1. The number of aromatic nitrogens is 2. The molecule has 2 N–H and O–H groups in total. The first-order valence-electron chi connectivity index (χ1n) is 10.0. The van der Waals surface area contributed by atoms with Gasteiger partial charge in [-0.05, 0) is 18.2 Å². The quantitative estimate of drug-likeness (QED) is 0.722. The number of hydrogen-bond acceptors (Lipinski definition) is 4. The van der Waals surface area contributed by atoms with Crippen LogP contribution in [-0.2, 0) is 11.3 Å². The number of nitrogens with zero attached hydrogens (tertiary/aromatic N) is 3. The Morgan fingerprint density at radius 3 is 2.66 bits per heavy atom. The molecule has 0 radical (unpaired) electrons. The van der Waals surface area contributed by atoms with E-state index in [1.807, 2.05) is 64.3 Å². The smallest absolute Gasteiger partial charge is 0.255 e. The standard InChI is InChI=1S/C22H23N5O2/c28-20(9-12-27-19-8-4-1-5-16(19)15-23-27)26-13-10-22(11-14-26)24-18-7-3-2-6-17(18)21(29)25-22/h1-8,15,24H,9-14H2,(H,25,29). The van der Waals surface area contributed by atoms with Crippen LogP contribution in [0.25, 0.3) is 10.9 Å². The molecular weight excluding hydrogens is 366 g/mol. The normalized spacial score (nSPS) is 17.7. The van der Waals surface area contributed by atoms with Crippen molar-refractivity contribution in [2.75, 3.05) is 18.4 Å². The maximum absolute atomic E-state index is 12.7. The number of carbonyl (C=O) groups is 2. The van der Waals surface area contributed by atoms with Crippen molar-refractivity contribution in [1.82, 2.24) is 20.0 Å². The number of anilines is 1. The highest BCUT2D eigenvalue weighted by molar-refractivity contribution is 6.02. The van der Waals surface area contributed by atoms with Crippen LogP contribution in [0.5, 0.6) is 0 Å². The van der Waals surface area contributed by atoms with E-state index >= 15 is 0 Å². The van der Waals surface area contributed by atoms with E-state index in [0.717, 1.165) is 16.6 Å². The summed E-state index contributed by atoms with van der Waals surface area (Å²) < 4.78 is 1.89. The van der Waals surface area contributed by atoms with Gasteiger partial charge >= 0.3 is 0 Å². The molecule has 2 aromatic carbocycles. The third kappa shape index (κ3) is 3.22. The highest BCUT2D eigenvalue weighted by atomic mass is 16.2. The number of nitrogens with one attached hydrogen (secondary N) is 2. The minimum Gasteiger partial charge on any atom is -0.362 e. The molecule has 3 heterocycles. The molecule has 148 valence electrons. The summed E-state index contributed by atoms with van der Waals surface area (Å²) in [6.07, 6.45) is 3.62. The van der Waals surface area contributed by atoms with Crippen LogP contribution >= 0.6 is 0 Å². The average Bonchev–Trinajstić information content (AvgIpc) is 3.16. The van der Waals surface area contributed by atoms with E-state index in [2.05, 4.69) is 15.7 Å². The lowest BCUT2D eigenvalue weighted by Gasteiger charge is -2.45. The molecule has 0 unspecified atom stereocenters. The highest BCUT2D eigenvalue weighted by Crippen LogP contribution is 2.31. The van der Waals surface area contributed by atoms with E-state index in [4.69, 9.17) is 0 Å². The van der Waals surface area contributed by atoms with Gasteiger partial charge in [0.2, 0.25) is 5.91 Å². The third-order valence-corrected chi connectivity index (χ3v) is 5.96. The summed E-state index contributed by atoms with van der Waals surface area (Å²) in [7, 11) is 0. The van der Waals surface area contributed by atoms with Crippen molar-refractivity contribution in [1.29, 1.82) is 0 Å². The predicted octanol–water partition coefficient (Wildman–Crippen LogP) is 2.60. The van der Waals surface area contributed by atoms with Crippen molar-refractivity contribution in [2.45, 2.75) is 31.5 Å². The number of hydrogen-bond donors (Lipinski definition) is 2. The number of rotatable bonds is 3. The van der Waals surface area contributed by atoms with Crippen LogP contribution < -0.4 is 10.6 Å². The molecule has 0 saturated carbocycles. The Hall–Kier alpha value is -3.35. The number of likely N-dealkylation sites (tertiary alicyclic amines) is 1. The summed E-state index contributed by atoms with van der Waals surface area (Å²) in [5.41, 5.74) is 2.11. The van der Waals surface area contributed by atoms with Gasteiger partial charge in [-0.25, -0.2) is 0 Å². The summed E-state index contributed by atoms with van der Waals surface area (Å²) in [6.45, 7) is 1.80. The molecule has 0 atom stereocenters. The Labute approximate surface area is 168 Å². The number of fused-ring (bicyclic) bond motifs is 2. The molecule has 7 heteroatoms. The Morgan fingerprint density at radius 1 is 1.03 bits per heavy atom. The summed E-state index contributed by atoms with van der Waals surface area (Å²) in [5.74, 6) is 0.0756. The first-order chi connectivity index (χ1) is 14.1. The van der Waals surface area contributed by atoms with Crippen molar-refractivity contribution in [3.8, 4) is 0 Å². The minimum absolute atomic E-state index is 0.0512. The lowest BCUT2D eigenvalue weighted by atomic mass is 9.92. The van der Waals surface area contributed by atoms with Crippen LogP contribution in [0.1, 0.15) is 29.6 Å². The van der Waals surface area contributed by atoms with E-state index in [-0.39, 0.29) is 11.8 Å². The van der Waals surface area contributed by atoms with E-state index < -0.39 is 5.66 Å². The van der Waals surface area contributed by atoms with Gasteiger partial charge in [-0.15, -0.1) is 0 Å². The van der Waals surface area contributed by atoms with Gasteiger partial charge in [0.25, 0.3) is 5.91 Å². The molecule has 2 aliphatic heterocycles. The molecule has 1 spiro atoms. The topological polar surface area (TPSA) is 79.3 Å². The lowest BCUT2D eigenvalue weighted by molar-refractivity contribution is -0.133. The number of amides is 2. The molecule has 1 fully saturated rings. The molecule has 1 saturated heterocycles.